The molecule has 3 aromatic rings. The van der Waals surface area contributed by atoms with Crippen molar-refractivity contribution in [3.63, 3.8) is 0 Å². The molecule has 1 N–H and O–H groups in total. The summed E-state index contributed by atoms with van der Waals surface area (Å²) >= 11 is 0. The molecule has 0 saturated heterocycles. The van der Waals surface area contributed by atoms with Crippen LogP contribution in [0.5, 0.6) is 5.75 Å². The van der Waals surface area contributed by atoms with Gasteiger partial charge in [-0.1, -0.05) is 30.3 Å². The Morgan fingerprint density at radius 2 is 1.93 bits per heavy atom. The molecule has 0 bridgehead atoms. The van der Waals surface area contributed by atoms with Crippen molar-refractivity contribution in [3.05, 3.63) is 70.7 Å². The predicted octanol–water partition coefficient (Wildman–Crippen LogP) is 1.55. The third-order valence-electron chi connectivity index (χ3n) is 3.95. The lowest BCUT2D eigenvalue weighted by Crippen LogP contribution is -2.33. The van der Waals surface area contributed by atoms with Crippen molar-refractivity contribution in [2.45, 2.75) is 13.5 Å². The van der Waals surface area contributed by atoms with Crippen LogP contribution < -0.4 is 15.8 Å². The van der Waals surface area contributed by atoms with Crippen LogP contribution in [0.2, 0.25) is 0 Å². The third-order valence-corrected chi connectivity index (χ3v) is 3.95. The fourth-order valence-corrected chi connectivity index (χ4v) is 2.53. The number of amides is 1. The fourth-order valence-electron chi connectivity index (χ4n) is 2.53. The summed E-state index contributed by atoms with van der Waals surface area (Å²) in [4.78, 5) is 35.5. The van der Waals surface area contributed by atoms with E-state index in [4.69, 9.17) is 13.9 Å². The Morgan fingerprint density at radius 1 is 1.13 bits per heavy atom. The lowest BCUT2D eigenvalue weighted by atomic mass is 10.2. The van der Waals surface area contributed by atoms with Crippen LogP contribution in [-0.4, -0.2) is 41.4 Å². The summed E-state index contributed by atoms with van der Waals surface area (Å²) in [6.07, 6.45) is 0. The van der Waals surface area contributed by atoms with Gasteiger partial charge < -0.3 is 19.2 Å². The van der Waals surface area contributed by atoms with Gasteiger partial charge in [-0.05, 0) is 36.8 Å². The fraction of sp³-hybridized carbons (Fsp3) is 0.238. The van der Waals surface area contributed by atoms with E-state index in [1.54, 1.807) is 24.3 Å². The number of carbonyl (C=O) groups excluding carboxylic acids is 2. The molecule has 156 valence electrons. The van der Waals surface area contributed by atoms with E-state index in [9.17, 15) is 14.4 Å². The average molecular weight is 411 g/mol. The molecule has 0 aliphatic rings. The quantitative estimate of drug-likeness (QED) is 0.420. The zero-order chi connectivity index (χ0) is 21.3. The second-order valence-corrected chi connectivity index (χ2v) is 6.37. The minimum Gasteiger partial charge on any atom is -0.492 e. The van der Waals surface area contributed by atoms with Crippen molar-refractivity contribution in [2.24, 2.45) is 0 Å². The summed E-state index contributed by atoms with van der Waals surface area (Å²) in [5.41, 5.74) is 1.68. The lowest BCUT2D eigenvalue weighted by molar-refractivity contribution is -0.149. The van der Waals surface area contributed by atoms with Crippen LogP contribution in [-0.2, 0) is 20.9 Å². The van der Waals surface area contributed by atoms with Crippen LogP contribution in [0.15, 0.2) is 63.8 Å². The zero-order valence-corrected chi connectivity index (χ0v) is 16.4. The van der Waals surface area contributed by atoms with Crippen molar-refractivity contribution in [1.82, 2.24) is 15.1 Å². The summed E-state index contributed by atoms with van der Waals surface area (Å²) in [7, 11) is 0. The monoisotopic (exact) mass is 411 g/mol. The first-order chi connectivity index (χ1) is 14.5. The number of aryl methyl sites for hydroxylation is 1. The van der Waals surface area contributed by atoms with Crippen LogP contribution in [0.25, 0.3) is 11.5 Å². The van der Waals surface area contributed by atoms with Crippen molar-refractivity contribution >= 4 is 11.9 Å². The largest absolute Gasteiger partial charge is 0.492 e. The first-order valence-electron chi connectivity index (χ1n) is 9.26. The lowest BCUT2D eigenvalue weighted by Gasteiger charge is -2.08. The van der Waals surface area contributed by atoms with E-state index < -0.39 is 30.8 Å². The van der Waals surface area contributed by atoms with Crippen molar-refractivity contribution in [1.29, 1.82) is 0 Å². The number of hydrogen-bond acceptors (Lipinski definition) is 7. The standard InChI is InChI=1S/C21H21N3O6/c1-15-6-5-9-17(12-15)28-11-10-22-18(25)14-29-19(26)13-24-21(27)30-20(23-24)16-7-3-2-4-8-16/h2-9,12H,10-11,13-14H2,1H3,(H,22,25). The normalized spacial score (nSPS) is 10.4. The molecule has 1 heterocycles. The Kier molecular flexibility index (Phi) is 6.99. The Hall–Kier alpha value is -3.88. The number of esters is 1. The van der Waals surface area contributed by atoms with Crippen LogP contribution in [0.4, 0.5) is 0 Å². The molecule has 0 fully saturated rings. The molecule has 9 nitrogen and oxygen atoms in total. The topological polar surface area (TPSA) is 113 Å². The van der Waals surface area contributed by atoms with Gasteiger partial charge in [-0.3, -0.25) is 9.59 Å². The maximum Gasteiger partial charge on any atom is 0.437 e. The molecule has 9 heteroatoms. The molecule has 2 aromatic carbocycles. The Morgan fingerprint density at radius 3 is 2.70 bits per heavy atom. The Balaban J connectivity index is 1.39. The Bertz CT molecular complexity index is 1060. The molecular formula is C21H21N3O6. The van der Waals surface area contributed by atoms with Gasteiger partial charge in [0, 0.05) is 5.56 Å². The van der Waals surface area contributed by atoms with Crippen LogP contribution in [0, 0.1) is 6.92 Å². The number of aromatic nitrogens is 2. The number of hydrogen-bond donors (Lipinski definition) is 1. The molecule has 0 saturated carbocycles. The second-order valence-electron chi connectivity index (χ2n) is 6.37. The molecule has 0 spiro atoms. The van der Waals surface area contributed by atoms with Gasteiger partial charge in [0.15, 0.2) is 6.61 Å². The maximum atomic E-state index is 11.9. The van der Waals surface area contributed by atoms with Gasteiger partial charge in [0.05, 0.1) is 6.54 Å². The number of carbonyl (C=O) groups is 2. The summed E-state index contributed by atoms with van der Waals surface area (Å²) in [6, 6.07) is 16.4. The number of rotatable bonds is 9. The van der Waals surface area contributed by atoms with Gasteiger partial charge >= 0.3 is 11.7 Å². The highest BCUT2D eigenvalue weighted by Gasteiger charge is 2.15. The van der Waals surface area contributed by atoms with Gasteiger partial charge in [0.25, 0.3) is 5.91 Å². The van der Waals surface area contributed by atoms with Gasteiger partial charge in [-0.25, -0.2) is 4.79 Å². The highest BCUT2D eigenvalue weighted by Crippen LogP contribution is 2.14. The zero-order valence-electron chi connectivity index (χ0n) is 16.4. The highest BCUT2D eigenvalue weighted by atomic mass is 16.5. The maximum absolute atomic E-state index is 11.9. The van der Waals surface area contributed by atoms with E-state index in [1.165, 1.54) is 0 Å². The number of nitrogens with one attached hydrogen (secondary N) is 1. The molecule has 1 aromatic heterocycles. The van der Waals surface area contributed by atoms with Crippen molar-refractivity contribution < 1.29 is 23.5 Å². The van der Waals surface area contributed by atoms with Crippen LogP contribution in [0.1, 0.15) is 5.56 Å². The van der Waals surface area contributed by atoms with Gasteiger partial charge in [-0.2, -0.15) is 4.68 Å². The second kappa shape index (κ2) is 10.1. The molecule has 0 radical (unpaired) electrons. The molecule has 1 amide bonds. The van der Waals surface area contributed by atoms with E-state index >= 15 is 0 Å². The van der Waals surface area contributed by atoms with E-state index in [-0.39, 0.29) is 19.0 Å². The summed E-state index contributed by atoms with van der Waals surface area (Å²) < 4.78 is 16.3. The van der Waals surface area contributed by atoms with Crippen LogP contribution >= 0.6 is 0 Å². The van der Waals surface area contributed by atoms with Gasteiger partial charge in [0.1, 0.15) is 18.9 Å². The molecule has 30 heavy (non-hydrogen) atoms. The number of nitrogens with zero attached hydrogens (tertiary/aromatic N) is 2. The predicted molar refractivity (Wildman–Crippen MR) is 107 cm³/mol. The van der Waals surface area contributed by atoms with Gasteiger partial charge in [0.2, 0.25) is 5.89 Å². The smallest absolute Gasteiger partial charge is 0.437 e. The van der Waals surface area contributed by atoms with E-state index in [0.29, 0.717) is 11.3 Å². The Labute approximate surface area is 172 Å². The molecule has 0 atom stereocenters. The average Bonchev–Trinajstić information content (AvgIpc) is 3.10. The van der Waals surface area contributed by atoms with Crippen molar-refractivity contribution in [3.8, 4) is 17.2 Å². The van der Waals surface area contributed by atoms with E-state index in [2.05, 4.69) is 10.4 Å². The molecule has 0 aliphatic carbocycles. The number of benzene rings is 2. The van der Waals surface area contributed by atoms with Gasteiger partial charge in [-0.15, -0.1) is 5.10 Å². The number of ether oxygens (including phenoxy) is 2. The molecule has 0 unspecified atom stereocenters. The first-order valence-corrected chi connectivity index (χ1v) is 9.26. The van der Waals surface area contributed by atoms with Crippen LogP contribution in [0.3, 0.4) is 0 Å². The summed E-state index contributed by atoms with van der Waals surface area (Å²) in [6.45, 7) is 1.56. The minimum absolute atomic E-state index is 0.0970. The first kappa shape index (κ1) is 20.8. The molecule has 0 aliphatic heterocycles. The van der Waals surface area contributed by atoms with E-state index in [1.807, 2.05) is 37.3 Å². The minimum atomic E-state index is -0.788. The van der Waals surface area contributed by atoms with Crippen molar-refractivity contribution in [2.75, 3.05) is 19.8 Å². The SMILES string of the molecule is Cc1cccc(OCCNC(=O)COC(=O)Cn2nc(-c3ccccc3)oc2=O)c1. The molecular weight excluding hydrogens is 390 g/mol. The molecule has 3 rings (SSSR count). The highest BCUT2D eigenvalue weighted by molar-refractivity contribution is 5.80. The summed E-state index contributed by atoms with van der Waals surface area (Å²) in [5.74, 6) is -1.24. The third kappa shape index (κ3) is 6.06. The van der Waals surface area contributed by atoms with E-state index in [0.717, 1.165) is 10.2 Å². The summed E-state index contributed by atoms with van der Waals surface area (Å²) in [5, 5.41) is 6.54.